The lowest BCUT2D eigenvalue weighted by molar-refractivity contribution is -0.0329. The van der Waals surface area contributed by atoms with E-state index in [1.807, 2.05) is 12.1 Å². The van der Waals surface area contributed by atoms with Crippen molar-refractivity contribution in [1.82, 2.24) is 15.3 Å². The Morgan fingerprint density at radius 1 is 1.12 bits per heavy atom. The standard InChI is InChI=1S/C22H20F3N3O3S/c1-14(28-20(29)17-4-3-9-27-21(17)32-22(23,24)25)16-5-6-18(19(12-16)30-2)31-13-15-7-10-26-11-8-15/h3-12,14H,13H2,1-2H3,(H,28,29). The highest BCUT2D eigenvalue weighted by molar-refractivity contribution is 8.00. The average molecular weight is 463 g/mol. The monoisotopic (exact) mass is 463 g/mol. The van der Waals surface area contributed by atoms with Gasteiger partial charge >= 0.3 is 5.51 Å². The number of aromatic nitrogens is 2. The van der Waals surface area contributed by atoms with Crippen molar-refractivity contribution in [1.29, 1.82) is 0 Å². The molecule has 6 nitrogen and oxygen atoms in total. The number of halogens is 3. The number of amides is 1. The molecule has 1 atom stereocenters. The third kappa shape index (κ3) is 6.36. The van der Waals surface area contributed by atoms with Gasteiger partial charge in [-0.15, -0.1) is 0 Å². The van der Waals surface area contributed by atoms with Crippen molar-refractivity contribution in [3.63, 3.8) is 0 Å². The molecule has 2 heterocycles. The van der Waals surface area contributed by atoms with Gasteiger partial charge in [0.2, 0.25) is 0 Å². The minimum atomic E-state index is -4.55. The quantitative estimate of drug-likeness (QED) is 0.465. The first-order valence-corrected chi connectivity index (χ1v) is 10.3. The Balaban J connectivity index is 1.71. The average Bonchev–Trinajstić information content (AvgIpc) is 2.77. The van der Waals surface area contributed by atoms with Crippen molar-refractivity contribution >= 4 is 17.7 Å². The van der Waals surface area contributed by atoms with Crippen LogP contribution in [0, 0.1) is 0 Å². The Kier molecular flexibility index (Phi) is 7.57. The highest BCUT2D eigenvalue weighted by Crippen LogP contribution is 2.37. The molecule has 0 aliphatic heterocycles. The van der Waals surface area contributed by atoms with Crippen LogP contribution in [0.25, 0.3) is 0 Å². The Morgan fingerprint density at radius 2 is 1.88 bits per heavy atom. The number of thioether (sulfide) groups is 1. The second-order valence-electron chi connectivity index (χ2n) is 6.65. The summed E-state index contributed by atoms with van der Waals surface area (Å²) in [6.07, 6.45) is 4.55. The fourth-order valence-electron chi connectivity index (χ4n) is 2.83. The molecule has 0 aliphatic carbocycles. The van der Waals surface area contributed by atoms with Crippen LogP contribution in [-0.4, -0.2) is 28.5 Å². The van der Waals surface area contributed by atoms with Crippen LogP contribution in [0.5, 0.6) is 11.5 Å². The second-order valence-corrected chi connectivity index (χ2v) is 7.71. The third-order valence-electron chi connectivity index (χ3n) is 4.41. The number of carbonyl (C=O) groups excluding carboxylic acids is 1. The summed E-state index contributed by atoms with van der Waals surface area (Å²) in [6, 6.07) is 11.1. The number of carbonyl (C=O) groups is 1. The number of nitrogens with zero attached hydrogens (tertiary/aromatic N) is 2. The van der Waals surface area contributed by atoms with Gasteiger partial charge in [-0.3, -0.25) is 9.78 Å². The second kappa shape index (κ2) is 10.4. The van der Waals surface area contributed by atoms with E-state index in [2.05, 4.69) is 15.3 Å². The molecule has 3 rings (SSSR count). The normalized spacial score (nSPS) is 12.2. The lowest BCUT2D eigenvalue weighted by Gasteiger charge is -2.18. The molecule has 1 N–H and O–H groups in total. The zero-order chi connectivity index (χ0) is 23.1. The van der Waals surface area contributed by atoms with E-state index in [0.717, 1.165) is 5.56 Å². The molecule has 2 aromatic heterocycles. The SMILES string of the molecule is COc1cc(C(C)NC(=O)c2cccnc2SC(F)(F)F)ccc1OCc1ccncc1. The number of nitrogens with one attached hydrogen (secondary N) is 1. The molecule has 0 spiro atoms. The molecular formula is C22H20F3N3O3S. The van der Waals surface area contributed by atoms with E-state index in [4.69, 9.17) is 9.47 Å². The van der Waals surface area contributed by atoms with Gasteiger partial charge in [-0.1, -0.05) is 6.07 Å². The molecule has 10 heteroatoms. The van der Waals surface area contributed by atoms with Gasteiger partial charge in [0.05, 0.1) is 18.7 Å². The fourth-order valence-corrected chi connectivity index (χ4v) is 3.43. The van der Waals surface area contributed by atoms with E-state index in [1.54, 1.807) is 37.5 Å². The van der Waals surface area contributed by atoms with Gasteiger partial charge < -0.3 is 14.8 Å². The molecule has 1 unspecified atom stereocenters. The Bertz CT molecular complexity index is 1070. The molecule has 0 bridgehead atoms. The molecule has 0 saturated heterocycles. The first-order chi connectivity index (χ1) is 15.3. The number of benzene rings is 1. The van der Waals surface area contributed by atoms with E-state index >= 15 is 0 Å². The van der Waals surface area contributed by atoms with Crippen LogP contribution in [0.2, 0.25) is 0 Å². The summed E-state index contributed by atoms with van der Waals surface area (Å²) < 4.78 is 49.5. The van der Waals surface area contributed by atoms with Crippen LogP contribution >= 0.6 is 11.8 Å². The topological polar surface area (TPSA) is 73.3 Å². The molecule has 32 heavy (non-hydrogen) atoms. The van der Waals surface area contributed by atoms with Crippen molar-refractivity contribution < 1.29 is 27.4 Å². The first kappa shape index (κ1) is 23.4. The molecule has 1 amide bonds. The first-order valence-electron chi connectivity index (χ1n) is 9.48. The van der Waals surface area contributed by atoms with Crippen LogP contribution in [0.1, 0.15) is 34.5 Å². The summed E-state index contributed by atoms with van der Waals surface area (Å²) in [5.41, 5.74) is -3.06. The third-order valence-corrected chi connectivity index (χ3v) is 5.16. The molecule has 1 aromatic carbocycles. The molecular weight excluding hydrogens is 443 g/mol. The number of hydrogen-bond acceptors (Lipinski definition) is 6. The van der Waals surface area contributed by atoms with Gasteiger partial charge in [0.1, 0.15) is 11.6 Å². The molecule has 0 aliphatic rings. The van der Waals surface area contributed by atoms with Gasteiger partial charge in [-0.25, -0.2) is 4.98 Å². The summed E-state index contributed by atoms with van der Waals surface area (Å²) >= 11 is -0.422. The van der Waals surface area contributed by atoms with Crippen LogP contribution < -0.4 is 14.8 Å². The van der Waals surface area contributed by atoms with Crippen LogP contribution in [-0.2, 0) is 6.61 Å². The molecule has 3 aromatic rings. The van der Waals surface area contributed by atoms with Gasteiger partial charge in [0.25, 0.3) is 5.91 Å². The van der Waals surface area contributed by atoms with Gasteiger partial charge in [0, 0.05) is 30.4 Å². The Morgan fingerprint density at radius 3 is 2.56 bits per heavy atom. The summed E-state index contributed by atoms with van der Waals surface area (Å²) in [5.74, 6) is 0.324. The van der Waals surface area contributed by atoms with E-state index < -0.39 is 34.2 Å². The largest absolute Gasteiger partial charge is 0.493 e. The number of alkyl halides is 3. The number of methoxy groups -OCH3 is 1. The molecule has 0 radical (unpaired) electrons. The lowest BCUT2D eigenvalue weighted by atomic mass is 10.1. The van der Waals surface area contributed by atoms with Crippen molar-refractivity contribution in [2.75, 3.05) is 7.11 Å². The maximum absolute atomic E-state index is 12.8. The summed E-state index contributed by atoms with van der Waals surface area (Å²) in [5, 5.41) is 2.30. The van der Waals surface area contributed by atoms with Crippen LogP contribution in [0.3, 0.4) is 0 Å². The van der Waals surface area contributed by atoms with Gasteiger partial charge in [0.15, 0.2) is 11.5 Å². The minimum absolute atomic E-state index is 0.147. The highest BCUT2D eigenvalue weighted by Gasteiger charge is 2.32. The summed E-state index contributed by atoms with van der Waals surface area (Å²) in [7, 11) is 1.50. The maximum atomic E-state index is 12.8. The molecule has 0 saturated carbocycles. The summed E-state index contributed by atoms with van der Waals surface area (Å²) in [6.45, 7) is 2.04. The minimum Gasteiger partial charge on any atom is -0.493 e. The van der Waals surface area contributed by atoms with Gasteiger partial charge in [-0.2, -0.15) is 13.2 Å². The fraction of sp³-hybridized carbons (Fsp3) is 0.227. The smallest absolute Gasteiger partial charge is 0.447 e. The predicted molar refractivity (Wildman–Crippen MR) is 114 cm³/mol. The lowest BCUT2D eigenvalue weighted by Crippen LogP contribution is -2.27. The van der Waals surface area contributed by atoms with Crippen molar-refractivity contribution in [2.24, 2.45) is 0 Å². The zero-order valence-electron chi connectivity index (χ0n) is 17.2. The predicted octanol–water partition coefficient (Wildman–Crippen LogP) is 5.17. The van der Waals surface area contributed by atoms with E-state index in [-0.39, 0.29) is 5.56 Å². The van der Waals surface area contributed by atoms with E-state index in [1.165, 1.54) is 25.4 Å². The van der Waals surface area contributed by atoms with E-state index in [9.17, 15) is 18.0 Å². The maximum Gasteiger partial charge on any atom is 0.447 e. The molecule has 0 fully saturated rings. The van der Waals surface area contributed by atoms with Crippen molar-refractivity contribution in [3.8, 4) is 11.5 Å². The van der Waals surface area contributed by atoms with Crippen molar-refractivity contribution in [3.05, 3.63) is 77.7 Å². The van der Waals surface area contributed by atoms with E-state index in [0.29, 0.717) is 23.7 Å². The number of rotatable bonds is 8. The summed E-state index contributed by atoms with van der Waals surface area (Å²) in [4.78, 5) is 20.3. The molecule has 168 valence electrons. The Labute approximate surface area is 187 Å². The van der Waals surface area contributed by atoms with Crippen molar-refractivity contribution in [2.45, 2.75) is 30.1 Å². The van der Waals surface area contributed by atoms with Gasteiger partial charge in [-0.05, 0) is 54.4 Å². The van der Waals surface area contributed by atoms with Crippen LogP contribution in [0.15, 0.2) is 66.1 Å². The van der Waals surface area contributed by atoms with Crippen LogP contribution in [0.4, 0.5) is 13.2 Å². The number of pyridine rings is 2. The highest BCUT2D eigenvalue weighted by atomic mass is 32.2. The number of ether oxygens (including phenoxy) is 2. The zero-order valence-corrected chi connectivity index (χ0v) is 18.0. The Hall–Kier alpha value is -3.27. The number of hydrogen-bond donors (Lipinski definition) is 1.